The van der Waals surface area contributed by atoms with Crippen molar-refractivity contribution < 1.29 is 94.0 Å². The summed E-state index contributed by atoms with van der Waals surface area (Å²) >= 11 is 0. The largest absolute Gasteiger partial charge is 0.497 e. The van der Waals surface area contributed by atoms with Crippen molar-refractivity contribution in [3.63, 3.8) is 0 Å². The molecule has 2 N–H and O–H groups in total. The molecule has 3 aromatic carbocycles. The smallest absolute Gasteiger partial charge is 0.313 e. The first-order chi connectivity index (χ1) is 59.8. The zero-order valence-electron chi connectivity index (χ0n) is 80.0. The minimum absolute atomic E-state index is 0.00649. The topological polar surface area (TPSA) is 231 Å². The molecule has 0 spiro atoms. The van der Waals surface area contributed by atoms with Crippen LogP contribution in [0, 0.1) is 17.8 Å². The van der Waals surface area contributed by atoms with E-state index in [0.717, 1.165) is 59.5 Å². The van der Waals surface area contributed by atoms with Gasteiger partial charge in [0, 0.05) is 61.8 Å². The van der Waals surface area contributed by atoms with Gasteiger partial charge >= 0.3 is 11.9 Å². The first-order valence-electron chi connectivity index (χ1n) is 46.9. The number of fused-ring (bicyclic) bond motifs is 6. The molecule has 0 saturated carbocycles. The summed E-state index contributed by atoms with van der Waals surface area (Å²) in [4.78, 5) is 44.7. The third-order valence-electron chi connectivity index (χ3n) is 28.2. The van der Waals surface area contributed by atoms with Crippen molar-refractivity contribution in [2.24, 2.45) is 17.8 Å². The van der Waals surface area contributed by atoms with E-state index in [1.54, 1.807) is 33.5 Å². The summed E-state index contributed by atoms with van der Waals surface area (Å²) in [6.07, 6.45) is 17.2. The van der Waals surface area contributed by atoms with Crippen LogP contribution >= 0.6 is 0 Å². The zero-order valence-corrected chi connectivity index (χ0v) is 84.0. The number of carbonyl (C=O) groups is 3. The standard InChI is InChI=1S/C100H157NO20Si4/c1-25-122(26-2,68(9)10)118-85-61-60-82-62-83(114-97(112-82)77-52-56-79(106-21)57-53-77)65-89(102)110-74(19)73(18)93(120-124(29-5,30-6)70(13)14)72(17)48-44-41-39-37-35-33-34-36-38-40-42-47-51-81(113-99-92(103)91(101-95(104)76-49-45-43-46-50-76)94(75(20)111-99)121-125(31-7,32-8)71(15)16)63-87-90(96(105)108-23)88(119-123(27-3,28-4)69(11)12)67-100(109-24,117-87)66-84-64-86(85)116-98(115-84)78-54-58-80(107-22)59-55-78/h33-59,68-75,81-88,90-94,97-99,103H,25-32,60-67H2,1-24H3,(H,101,104)/b34-33+,37-35+,38-36+,41-39+,42-40+,48-44+,51-47+/t72-,73-,74-,75+,81-,82?,83+,84?,85+,86+,87-,88-,90-,91+,92-,93+,94+,97?,98?,99-,100+/m0/s1. The molecular formula is C100H157NO20Si4. The molecule has 4 unspecified atom stereocenters. The van der Waals surface area contributed by atoms with Crippen LogP contribution in [0.1, 0.15) is 224 Å². The average molecular weight is 1810 g/mol. The minimum Gasteiger partial charge on any atom is -0.497 e. The van der Waals surface area contributed by atoms with Gasteiger partial charge in [-0.2, -0.15) is 0 Å². The fourth-order valence-electron chi connectivity index (χ4n) is 19.4. The van der Waals surface area contributed by atoms with Gasteiger partial charge in [0.25, 0.3) is 5.91 Å². The molecule has 5 aliphatic heterocycles. The molecule has 6 bridgehead atoms. The maximum Gasteiger partial charge on any atom is 0.313 e. The Balaban J connectivity index is 1.30. The van der Waals surface area contributed by atoms with Crippen molar-refractivity contribution in [3.8, 4) is 11.5 Å². The fourth-order valence-corrected chi connectivity index (χ4v) is 33.9. The Morgan fingerprint density at radius 3 is 1.45 bits per heavy atom. The predicted octanol–water partition coefficient (Wildman–Crippen LogP) is 22.1. The molecule has 8 rings (SSSR count). The van der Waals surface area contributed by atoms with Gasteiger partial charge in [-0.3, -0.25) is 14.4 Å². The third kappa shape index (κ3) is 27.7. The van der Waals surface area contributed by atoms with E-state index in [1.807, 2.05) is 153 Å². The van der Waals surface area contributed by atoms with E-state index in [1.165, 1.54) is 7.11 Å². The number of aliphatic hydroxyl groups is 1. The Labute approximate surface area is 754 Å². The molecule has 5 aliphatic rings. The summed E-state index contributed by atoms with van der Waals surface area (Å²) in [6.45, 7) is 43.8. The van der Waals surface area contributed by atoms with Gasteiger partial charge in [0.05, 0.1) is 101 Å². The van der Waals surface area contributed by atoms with Crippen LogP contribution in [0.5, 0.6) is 11.5 Å². The van der Waals surface area contributed by atoms with E-state index in [-0.39, 0.29) is 72.1 Å². The summed E-state index contributed by atoms with van der Waals surface area (Å²) in [5.41, 5.74) is 2.89. The van der Waals surface area contributed by atoms with E-state index in [9.17, 15) is 14.7 Å². The van der Waals surface area contributed by atoms with Gasteiger partial charge in [0.2, 0.25) is 0 Å². The third-order valence-corrected chi connectivity index (χ3v) is 49.2. The summed E-state index contributed by atoms with van der Waals surface area (Å²) in [6, 6.07) is 30.2. The number of hydrogen-bond acceptors (Lipinski definition) is 20. The zero-order chi connectivity index (χ0) is 91.4. The van der Waals surface area contributed by atoms with Crippen LogP contribution in [0.15, 0.2) is 164 Å². The van der Waals surface area contributed by atoms with Gasteiger partial charge in [-0.15, -0.1) is 0 Å². The Morgan fingerprint density at radius 2 is 0.960 bits per heavy atom. The van der Waals surface area contributed by atoms with Crippen molar-refractivity contribution in [1.82, 2.24) is 5.32 Å². The SMILES string of the molecule is CC[Si](CC)(O[C@H]1[C@@H](C)[C@H](C)OC(=O)C[C@H]2CC(CC[C@@H](O[Si](CC)(CC)C(C)C)[C@H]3CC(C[C@]4(OC)C[C@H](O[Si](CC)(CC)C(C)C)[C@@H](C(=O)OC)[C@H](C[C@@H](O[C@@H]5O[C@H](C)[C@@H](O[Si](CC)(CC)C(C)C)[C@H](NC(=O)c6ccccc6)[C@@H]5O)/C=C/C=C/C=C/C=C/C=C/C=C/C=C/[C@@H]1C)O4)OC(c1ccc(OC)cc1)O3)OC(c1ccc(OC)cc1)O2)C(C)C. The number of amides is 1. The van der Waals surface area contributed by atoms with Crippen LogP contribution in [-0.4, -0.2) is 182 Å². The predicted molar refractivity (Wildman–Crippen MR) is 506 cm³/mol. The van der Waals surface area contributed by atoms with Crippen molar-refractivity contribution in [2.45, 2.75) is 370 Å². The lowest BCUT2D eigenvalue weighted by atomic mass is 9.82. The molecule has 21 nitrogen and oxygen atoms in total. The van der Waals surface area contributed by atoms with Gasteiger partial charge in [0.1, 0.15) is 29.6 Å². The lowest BCUT2D eigenvalue weighted by Gasteiger charge is -2.52. The van der Waals surface area contributed by atoms with Crippen LogP contribution in [0.4, 0.5) is 0 Å². The highest BCUT2D eigenvalue weighted by Gasteiger charge is 2.58. The number of hydrogen-bond donors (Lipinski definition) is 2. The number of rotatable bonds is 30. The summed E-state index contributed by atoms with van der Waals surface area (Å²) in [5, 5.41) is 16.3. The summed E-state index contributed by atoms with van der Waals surface area (Å²) < 4.78 is 112. The first-order valence-corrected chi connectivity index (χ1v) is 56.5. The summed E-state index contributed by atoms with van der Waals surface area (Å²) in [5.74, 6) is -2.66. The molecule has 698 valence electrons. The lowest BCUT2D eigenvalue weighted by molar-refractivity contribution is -0.332. The minimum atomic E-state index is -2.72. The average Bonchev–Trinajstić information content (AvgIpc) is 0.761. The van der Waals surface area contributed by atoms with E-state index in [0.29, 0.717) is 48.3 Å². The Bertz CT molecular complexity index is 3930. The van der Waals surface area contributed by atoms with Crippen LogP contribution < -0.4 is 14.8 Å². The Morgan fingerprint density at radius 1 is 0.496 bits per heavy atom. The quantitative estimate of drug-likeness (QED) is 0.0467. The number of carbonyl (C=O) groups excluding carboxylic acids is 3. The van der Waals surface area contributed by atoms with E-state index in [2.05, 4.69) is 142 Å². The molecule has 0 radical (unpaired) electrons. The van der Waals surface area contributed by atoms with Crippen LogP contribution in [-0.2, 0) is 74.7 Å². The highest BCUT2D eigenvalue weighted by atomic mass is 28.4. The van der Waals surface area contributed by atoms with Crippen LogP contribution in [0.25, 0.3) is 0 Å². The Kier molecular flexibility index (Phi) is 41.8. The number of methoxy groups -OCH3 is 4. The number of cyclic esters (lactones) is 1. The fraction of sp³-hybridized carbons (Fsp3) is 0.650. The van der Waals surface area contributed by atoms with Gasteiger partial charge < -0.3 is 85.0 Å². The molecule has 4 fully saturated rings. The van der Waals surface area contributed by atoms with E-state index in [4.69, 9.17) is 74.5 Å². The van der Waals surface area contributed by atoms with E-state index < -0.39 is 149 Å². The normalized spacial score (nSPS) is 32.0. The number of benzene rings is 3. The van der Waals surface area contributed by atoms with Crippen molar-refractivity contribution >= 4 is 51.1 Å². The molecule has 25 heteroatoms. The molecule has 4 saturated heterocycles. The first kappa shape index (κ1) is 105. The molecule has 21 atom stereocenters. The molecule has 125 heavy (non-hydrogen) atoms. The molecule has 1 amide bonds. The van der Waals surface area contributed by atoms with Gasteiger partial charge in [-0.25, -0.2) is 0 Å². The molecule has 0 aromatic heterocycles. The monoisotopic (exact) mass is 1800 g/mol. The number of esters is 2. The van der Waals surface area contributed by atoms with Gasteiger partial charge in [0.15, 0.2) is 57.9 Å². The second kappa shape index (κ2) is 50.0. The second-order valence-electron chi connectivity index (χ2n) is 36.4. The van der Waals surface area contributed by atoms with Crippen molar-refractivity contribution in [1.29, 1.82) is 0 Å². The van der Waals surface area contributed by atoms with Crippen LogP contribution in [0.3, 0.4) is 0 Å². The van der Waals surface area contributed by atoms with Crippen molar-refractivity contribution in [3.05, 3.63) is 181 Å². The summed E-state index contributed by atoms with van der Waals surface area (Å²) in [7, 11) is -3.79. The number of ether oxygens (including phenoxy) is 12. The highest BCUT2D eigenvalue weighted by molar-refractivity contribution is 6.76. The second-order valence-corrected chi connectivity index (χ2v) is 56.1. The molecule has 3 aromatic rings. The van der Waals surface area contributed by atoms with Crippen molar-refractivity contribution in [2.75, 3.05) is 28.4 Å². The lowest BCUT2D eigenvalue weighted by Crippen LogP contribution is -2.67. The number of allylic oxidation sites excluding steroid dienone is 12. The highest BCUT2D eigenvalue weighted by Crippen LogP contribution is 2.49. The maximum absolute atomic E-state index is 15.3. The maximum atomic E-state index is 15.3. The number of nitrogens with one attached hydrogen (secondary N) is 1. The van der Waals surface area contributed by atoms with E-state index >= 15 is 4.79 Å². The Hall–Kier alpha value is -5.80. The van der Waals surface area contributed by atoms with Gasteiger partial charge in [-0.1, -0.05) is 252 Å². The molecular weight excluding hydrogens is 1650 g/mol. The number of aliphatic hydroxyl groups excluding tert-OH is 1. The molecule has 5 heterocycles. The van der Waals surface area contributed by atoms with Crippen LogP contribution in [0.2, 0.25) is 70.5 Å². The molecule has 0 aliphatic carbocycles. The van der Waals surface area contributed by atoms with Gasteiger partial charge in [-0.05, 0) is 140 Å².